The normalized spacial score (nSPS) is 16.0. The molecule has 1 aromatic carbocycles. The summed E-state index contributed by atoms with van der Waals surface area (Å²) in [5.41, 5.74) is 0.444. The summed E-state index contributed by atoms with van der Waals surface area (Å²) in [4.78, 5) is 25.1. The van der Waals surface area contributed by atoms with Gasteiger partial charge in [0.15, 0.2) is 12.6 Å². The van der Waals surface area contributed by atoms with Gasteiger partial charge in [-0.3, -0.25) is 9.59 Å². The number of rotatable bonds is 9. The van der Waals surface area contributed by atoms with Crippen LogP contribution in [-0.4, -0.2) is 69.4 Å². The molecule has 0 bridgehead atoms. The molecule has 0 saturated carbocycles. The van der Waals surface area contributed by atoms with Gasteiger partial charge in [0.2, 0.25) is 0 Å². The Morgan fingerprint density at radius 1 is 1.23 bits per heavy atom. The van der Waals surface area contributed by atoms with E-state index in [9.17, 15) is 24.9 Å². The first-order chi connectivity index (χ1) is 12.4. The maximum absolute atomic E-state index is 11.7. The van der Waals surface area contributed by atoms with Gasteiger partial charge >= 0.3 is 0 Å². The van der Waals surface area contributed by atoms with Gasteiger partial charge in [-0.1, -0.05) is 6.07 Å². The Hall–Kier alpha value is -2.30. The smallest absolute Gasteiger partial charge is 0.259 e. The molecule has 142 valence electrons. The fraction of sp³-hybridized carbons (Fsp3) is 0.412. The summed E-state index contributed by atoms with van der Waals surface area (Å²) in [6.07, 6.45) is -3.04. The zero-order valence-corrected chi connectivity index (χ0v) is 14.1. The van der Waals surface area contributed by atoms with Crippen molar-refractivity contribution >= 4 is 22.9 Å². The highest BCUT2D eigenvalue weighted by Crippen LogP contribution is 2.19. The largest absolute Gasteiger partial charge is 0.394 e. The number of aromatic amines is 1. The summed E-state index contributed by atoms with van der Waals surface area (Å²) in [7, 11) is 0. The van der Waals surface area contributed by atoms with Crippen LogP contribution in [0.3, 0.4) is 0 Å². The van der Waals surface area contributed by atoms with Crippen LogP contribution in [0.15, 0.2) is 29.1 Å². The van der Waals surface area contributed by atoms with Crippen molar-refractivity contribution in [1.82, 2.24) is 4.98 Å². The molecule has 0 aliphatic carbocycles. The minimum Gasteiger partial charge on any atom is -0.394 e. The Labute approximate surface area is 148 Å². The molecule has 2 aromatic rings. The molecule has 2 unspecified atom stereocenters. The predicted octanol–water partition coefficient (Wildman–Crippen LogP) is -0.810. The third-order valence-electron chi connectivity index (χ3n) is 3.93. The van der Waals surface area contributed by atoms with E-state index in [1.54, 1.807) is 18.2 Å². The van der Waals surface area contributed by atoms with Gasteiger partial charge in [0.05, 0.1) is 30.4 Å². The summed E-state index contributed by atoms with van der Waals surface area (Å²) in [5, 5.41) is 41.7. The second-order valence-electron chi connectivity index (χ2n) is 5.90. The Kier molecular flexibility index (Phi) is 6.83. The summed E-state index contributed by atoms with van der Waals surface area (Å²) in [6, 6.07) is 5.40. The summed E-state index contributed by atoms with van der Waals surface area (Å²) in [6.45, 7) is 0.420. The fourth-order valence-corrected chi connectivity index (χ4v) is 2.40. The van der Waals surface area contributed by atoms with E-state index in [2.05, 4.69) is 10.3 Å². The second kappa shape index (κ2) is 8.88. The van der Waals surface area contributed by atoms with Crippen LogP contribution >= 0.6 is 0 Å². The number of hydrogen-bond donors (Lipinski definition) is 6. The van der Waals surface area contributed by atoms with E-state index in [0.717, 1.165) is 0 Å². The molecular weight excluding hydrogens is 344 g/mol. The third-order valence-corrected chi connectivity index (χ3v) is 3.93. The van der Waals surface area contributed by atoms with Crippen molar-refractivity contribution in [1.29, 1.82) is 0 Å². The molecule has 2 rings (SSSR count). The lowest BCUT2D eigenvalue weighted by atomic mass is 10.1. The number of fused-ring (bicyclic) bond motifs is 1. The van der Waals surface area contributed by atoms with Crippen LogP contribution in [0, 0.1) is 0 Å². The number of H-pyrrole nitrogens is 1. The number of aliphatic hydroxyl groups excluding tert-OH is 4. The van der Waals surface area contributed by atoms with E-state index in [1.165, 1.54) is 13.0 Å². The van der Waals surface area contributed by atoms with Crippen molar-refractivity contribution in [3.63, 3.8) is 0 Å². The molecule has 0 spiro atoms. The molecule has 0 radical (unpaired) electrons. The average Bonchev–Trinajstić information content (AvgIpc) is 2.62. The van der Waals surface area contributed by atoms with Crippen molar-refractivity contribution in [3.05, 3.63) is 40.2 Å². The van der Waals surface area contributed by atoms with Crippen LogP contribution in [0.25, 0.3) is 10.9 Å². The number of anilines is 1. The van der Waals surface area contributed by atoms with Crippen LogP contribution in [0.2, 0.25) is 0 Å². The molecular formula is C17H22N2O7. The molecule has 26 heavy (non-hydrogen) atoms. The molecule has 0 saturated heterocycles. The van der Waals surface area contributed by atoms with Crippen LogP contribution < -0.4 is 10.9 Å². The van der Waals surface area contributed by atoms with Gasteiger partial charge in [0, 0.05) is 5.69 Å². The predicted molar refractivity (Wildman–Crippen MR) is 94.1 cm³/mol. The van der Waals surface area contributed by atoms with Gasteiger partial charge in [0.1, 0.15) is 12.1 Å². The Bertz CT molecular complexity index is 805. The average molecular weight is 366 g/mol. The molecule has 9 nitrogen and oxygen atoms in total. The van der Waals surface area contributed by atoms with Crippen LogP contribution in [-0.2, 0) is 4.74 Å². The summed E-state index contributed by atoms with van der Waals surface area (Å²) in [5.74, 6) is 0. The summed E-state index contributed by atoms with van der Waals surface area (Å²) >= 11 is 0. The van der Waals surface area contributed by atoms with Gasteiger partial charge in [-0.2, -0.15) is 0 Å². The number of nitrogens with one attached hydrogen (secondary N) is 2. The molecule has 4 atom stereocenters. The molecule has 0 aliphatic rings. The number of benzene rings is 1. The highest BCUT2D eigenvalue weighted by molar-refractivity contribution is 5.87. The first-order valence-electron chi connectivity index (χ1n) is 8.01. The lowest BCUT2D eigenvalue weighted by Crippen LogP contribution is -2.44. The molecule has 9 heteroatoms. The first-order valence-corrected chi connectivity index (χ1v) is 8.01. The molecule has 1 heterocycles. The first kappa shape index (κ1) is 20.0. The zero-order valence-electron chi connectivity index (χ0n) is 14.1. The number of pyridine rings is 1. The van der Waals surface area contributed by atoms with Crippen LogP contribution in [0.1, 0.15) is 17.3 Å². The standard InChI is InChI=1S/C17H22N2O7/c1-9(23)15(8-22)26-17(25)14(7-21)18-12-3-2-10-4-11(6-20)16(24)19-13(10)5-12/h2-6,9,14-15,17-18,21-23,25H,7-8H2,1H3,(H,19,24)/t9-,14-,15?,17?/m0/s1. The number of aromatic nitrogens is 1. The van der Waals surface area contributed by atoms with Crippen LogP contribution in [0.4, 0.5) is 5.69 Å². The van der Waals surface area contributed by atoms with E-state index in [0.29, 0.717) is 22.9 Å². The maximum atomic E-state index is 11.7. The maximum Gasteiger partial charge on any atom is 0.259 e. The Morgan fingerprint density at radius 2 is 1.96 bits per heavy atom. The highest BCUT2D eigenvalue weighted by atomic mass is 16.6. The van der Waals surface area contributed by atoms with E-state index in [4.69, 9.17) is 9.84 Å². The minimum absolute atomic E-state index is 0.0171. The molecule has 6 N–H and O–H groups in total. The SMILES string of the molecule is C[C@H](O)C(CO)OC(O)[C@H](CO)Nc1ccc2cc(C=O)c(=O)[nH]c2c1. The third kappa shape index (κ3) is 4.65. The minimum atomic E-state index is -1.50. The van der Waals surface area contributed by atoms with E-state index in [-0.39, 0.29) is 5.56 Å². The lowest BCUT2D eigenvalue weighted by molar-refractivity contribution is -0.182. The zero-order chi connectivity index (χ0) is 19.3. The van der Waals surface area contributed by atoms with Gasteiger partial charge < -0.3 is 35.5 Å². The number of ether oxygens (including phenoxy) is 1. The number of carbonyl (C=O) groups is 1. The van der Waals surface area contributed by atoms with E-state index in [1.807, 2.05) is 0 Å². The quantitative estimate of drug-likeness (QED) is 0.249. The molecule has 0 aliphatic heterocycles. The molecule has 0 amide bonds. The van der Waals surface area contributed by atoms with Crippen molar-refractivity contribution in [2.45, 2.75) is 31.5 Å². The monoisotopic (exact) mass is 366 g/mol. The topological polar surface area (TPSA) is 152 Å². The van der Waals surface area contributed by atoms with Crippen molar-refractivity contribution in [2.24, 2.45) is 0 Å². The molecule has 0 fully saturated rings. The van der Waals surface area contributed by atoms with Gasteiger partial charge in [-0.05, 0) is 30.5 Å². The number of aldehydes is 1. The van der Waals surface area contributed by atoms with Crippen molar-refractivity contribution in [3.8, 4) is 0 Å². The number of hydrogen-bond acceptors (Lipinski definition) is 8. The van der Waals surface area contributed by atoms with E-state index >= 15 is 0 Å². The Balaban J connectivity index is 2.19. The van der Waals surface area contributed by atoms with Gasteiger partial charge in [-0.15, -0.1) is 0 Å². The number of aliphatic hydroxyl groups is 4. The van der Waals surface area contributed by atoms with Crippen molar-refractivity contribution < 1.29 is 30.0 Å². The van der Waals surface area contributed by atoms with Gasteiger partial charge in [0.25, 0.3) is 5.56 Å². The van der Waals surface area contributed by atoms with Crippen molar-refractivity contribution in [2.75, 3.05) is 18.5 Å². The highest BCUT2D eigenvalue weighted by Gasteiger charge is 2.25. The molecule has 1 aromatic heterocycles. The second-order valence-corrected chi connectivity index (χ2v) is 5.90. The summed E-state index contributed by atoms with van der Waals surface area (Å²) < 4.78 is 5.16. The number of carbonyl (C=O) groups excluding carboxylic acids is 1. The van der Waals surface area contributed by atoms with Gasteiger partial charge in [-0.25, -0.2) is 0 Å². The fourth-order valence-electron chi connectivity index (χ4n) is 2.40. The Morgan fingerprint density at radius 3 is 2.54 bits per heavy atom. The lowest BCUT2D eigenvalue weighted by Gasteiger charge is -2.28. The van der Waals surface area contributed by atoms with Crippen LogP contribution in [0.5, 0.6) is 0 Å². The van der Waals surface area contributed by atoms with E-state index < -0.39 is 43.3 Å².